The number of nitro groups is 1. The first-order valence-electron chi connectivity index (χ1n) is 13.5. The smallest absolute Gasteiger partial charge is 0.294 e. The molecule has 212 valence electrons. The number of nitrogen functional groups attached to an aromatic ring is 1. The minimum Gasteiger partial charge on any atom is -0.398 e. The second-order valence-electron chi connectivity index (χ2n) is 10.7. The fourth-order valence-corrected chi connectivity index (χ4v) is 7.24. The maximum Gasteiger partial charge on any atom is 0.294 e. The Morgan fingerprint density at radius 1 is 0.953 bits per heavy atom. The van der Waals surface area contributed by atoms with Crippen LogP contribution in [0.15, 0.2) is 96.1 Å². The summed E-state index contributed by atoms with van der Waals surface area (Å²) in [5.74, 6) is -4.03. The van der Waals surface area contributed by atoms with Gasteiger partial charge in [0.15, 0.2) is 0 Å². The number of hydrogen-bond donors (Lipinski definition) is 2. The minimum absolute atomic E-state index is 0.102. The molecule has 2 atom stereocenters. The molecule has 0 unspecified atom stereocenters. The van der Waals surface area contributed by atoms with Crippen LogP contribution in [-0.2, 0) is 15.0 Å². The van der Waals surface area contributed by atoms with E-state index in [0.29, 0.717) is 0 Å². The summed E-state index contributed by atoms with van der Waals surface area (Å²) in [6.07, 6.45) is 1.51. The lowest BCUT2D eigenvalue weighted by atomic mass is 9.47. The number of benzene rings is 4. The molecule has 1 heterocycles. The van der Waals surface area contributed by atoms with Crippen molar-refractivity contribution in [1.82, 2.24) is 5.43 Å². The largest absolute Gasteiger partial charge is 0.398 e. The number of carbonyl (C=O) groups excluding carboxylic acids is 3. The molecule has 0 spiro atoms. The van der Waals surface area contributed by atoms with Gasteiger partial charge in [-0.3, -0.25) is 24.5 Å². The summed E-state index contributed by atoms with van der Waals surface area (Å²) < 4.78 is 0. The van der Waals surface area contributed by atoms with E-state index in [-0.39, 0.29) is 22.0 Å². The molecular weight excluding hydrogens is 570 g/mol. The predicted molar refractivity (Wildman–Crippen MR) is 160 cm³/mol. The van der Waals surface area contributed by atoms with Crippen molar-refractivity contribution < 1.29 is 19.3 Å². The zero-order chi connectivity index (χ0) is 30.0. The van der Waals surface area contributed by atoms with Crippen LogP contribution >= 0.6 is 11.6 Å². The Balaban J connectivity index is 1.42. The van der Waals surface area contributed by atoms with Gasteiger partial charge in [0, 0.05) is 28.9 Å². The van der Waals surface area contributed by atoms with Crippen LogP contribution in [0.1, 0.15) is 38.5 Å². The zero-order valence-electron chi connectivity index (χ0n) is 22.3. The van der Waals surface area contributed by atoms with Crippen LogP contribution in [0.3, 0.4) is 0 Å². The molecule has 3 N–H and O–H groups in total. The fourth-order valence-electron chi connectivity index (χ4n) is 7.08. The molecule has 3 aliphatic carbocycles. The summed E-state index contributed by atoms with van der Waals surface area (Å²) in [6.45, 7) is 0. The zero-order valence-corrected chi connectivity index (χ0v) is 23.1. The third kappa shape index (κ3) is 3.66. The van der Waals surface area contributed by atoms with E-state index in [1.165, 1.54) is 18.3 Å². The van der Waals surface area contributed by atoms with Crippen molar-refractivity contribution in [2.45, 2.75) is 11.3 Å². The quantitative estimate of drug-likeness (QED) is 0.112. The van der Waals surface area contributed by atoms with Crippen molar-refractivity contribution in [2.24, 2.45) is 16.9 Å². The Labute approximate surface area is 249 Å². The first-order chi connectivity index (χ1) is 20.8. The van der Waals surface area contributed by atoms with Gasteiger partial charge in [-0.1, -0.05) is 72.3 Å². The summed E-state index contributed by atoms with van der Waals surface area (Å²) in [4.78, 5) is 54.0. The molecule has 3 amide bonds. The lowest BCUT2D eigenvalue weighted by molar-refractivity contribution is -0.384. The number of amides is 3. The first-order valence-corrected chi connectivity index (χ1v) is 13.8. The first kappa shape index (κ1) is 26.5. The van der Waals surface area contributed by atoms with Gasteiger partial charge in [-0.15, -0.1) is 0 Å². The number of para-hydroxylation sites is 1. The molecule has 4 aromatic rings. The van der Waals surface area contributed by atoms with Crippen molar-refractivity contribution in [3.8, 4) is 0 Å². The number of imide groups is 1. The van der Waals surface area contributed by atoms with Gasteiger partial charge in [-0.05, 0) is 46.5 Å². The normalized spacial score (nSPS) is 23.2. The third-order valence-electron chi connectivity index (χ3n) is 8.70. The molecule has 4 aromatic carbocycles. The van der Waals surface area contributed by atoms with Gasteiger partial charge in [-0.2, -0.15) is 5.10 Å². The summed E-state index contributed by atoms with van der Waals surface area (Å²) in [5, 5.41) is 16.5. The molecular formula is C32H22ClN5O5. The van der Waals surface area contributed by atoms with E-state index in [1.807, 2.05) is 48.5 Å². The Bertz CT molecular complexity index is 1880. The van der Waals surface area contributed by atoms with Crippen molar-refractivity contribution in [2.75, 3.05) is 10.6 Å². The third-order valence-corrected chi connectivity index (χ3v) is 8.93. The molecule has 2 bridgehead atoms. The van der Waals surface area contributed by atoms with Gasteiger partial charge in [0.05, 0.1) is 27.7 Å². The Morgan fingerprint density at radius 2 is 1.58 bits per heavy atom. The molecule has 1 fully saturated rings. The highest BCUT2D eigenvalue weighted by atomic mass is 35.5. The molecule has 0 saturated carbocycles. The predicted octanol–water partition coefficient (Wildman–Crippen LogP) is 4.80. The molecule has 4 aliphatic rings. The van der Waals surface area contributed by atoms with Crippen LogP contribution in [0, 0.1) is 22.0 Å². The maximum absolute atomic E-state index is 14.5. The number of hydrogen-bond acceptors (Lipinski definition) is 7. The number of rotatable bonds is 5. The average Bonchev–Trinajstić information content (AvgIpc) is 3.28. The average molecular weight is 592 g/mol. The second-order valence-corrected chi connectivity index (χ2v) is 11.1. The lowest BCUT2D eigenvalue weighted by Gasteiger charge is -2.52. The second kappa shape index (κ2) is 9.60. The van der Waals surface area contributed by atoms with Crippen molar-refractivity contribution in [3.05, 3.63) is 134 Å². The number of hydrazone groups is 1. The molecule has 1 aliphatic heterocycles. The van der Waals surface area contributed by atoms with Gasteiger partial charge >= 0.3 is 0 Å². The Hall–Kier alpha value is -5.35. The highest BCUT2D eigenvalue weighted by molar-refractivity contribution is 6.31. The van der Waals surface area contributed by atoms with Crippen LogP contribution in [0.5, 0.6) is 0 Å². The summed E-state index contributed by atoms with van der Waals surface area (Å²) >= 11 is 6.05. The van der Waals surface area contributed by atoms with E-state index in [9.17, 15) is 24.5 Å². The van der Waals surface area contributed by atoms with E-state index in [2.05, 4.69) is 10.5 Å². The number of nitro benzene ring substituents is 1. The van der Waals surface area contributed by atoms with E-state index < -0.39 is 51.5 Å². The molecule has 8 rings (SSSR count). The summed E-state index contributed by atoms with van der Waals surface area (Å²) in [7, 11) is 0. The minimum atomic E-state index is -1.27. The van der Waals surface area contributed by atoms with Crippen molar-refractivity contribution in [3.63, 3.8) is 0 Å². The molecule has 0 aromatic heterocycles. The molecule has 11 heteroatoms. The topological polar surface area (TPSA) is 148 Å². The van der Waals surface area contributed by atoms with Crippen LogP contribution in [-0.4, -0.2) is 28.9 Å². The molecule has 1 saturated heterocycles. The number of nitrogens with zero attached hydrogens (tertiary/aromatic N) is 3. The summed E-state index contributed by atoms with van der Waals surface area (Å²) in [5.41, 5.74) is 10.4. The summed E-state index contributed by atoms with van der Waals surface area (Å²) in [6, 6.07) is 25.5. The number of halogens is 1. The number of anilines is 2. The van der Waals surface area contributed by atoms with Gasteiger partial charge in [0.1, 0.15) is 5.69 Å². The van der Waals surface area contributed by atoms with Crippen LogP contribution in [0.2, 0.25) is 5.02 Å². The highest BCUT2D eigenvalue weighted by Gasteiger charge is 2.68. The molecule has 0 radical (unpaired) electrons. The maximum atomic E-state index is 14.5. The molecule has 10 nitrogen and oxygen atoms in total. The monoisotopic (exact) mass is 591 g/mol. The van der Waals surface area contributed by atoms with E-state index in [1.54, 1.807) is 24.3 Å². The van der Waals surface area contributed by atoms with Crippen LogP contribution in [0.4, 0.5) is 17.1 Å². The number of nitrogens with two attached hydrogens (primary N) is 1. The fraction of sp³-hybridized carbons (Fsp3) is 0.125. The van der Waals surface area contributed by atoms with Gasteiger partial charge < -0.3 is 5.73 Å². The van der Waals surface area contributed by atoms with Gasteiger partial charge in [0.25, 0.3) is 11.6 Å². The van der Waals surface area contributed by atoms with E-state index in [4.69, 9.17) is 17.3 Å². The standard InChI is InChI=1S/C32H22ClN5O5/c33-17-13-14-24(25(15-17)38(42)43)37-30(40)27-26-18-7-1-4-10-21(18)32(28(27)31(37)41,22-11-5-2-8-19(22)26)16-35-36-29(39)20-9-3-6-12-23(20)34/h1-16,26-28H,34H2,(H,36,39)/b35-16-/t26?,27-,28+,32?/m0/s1. The van der Waals surface area contributed by atoms with Crippen molar-refractivity contribution >= 4 is 52.6 Å². The van der Waals surface area contributed by atoms with Crippen molar-refractivity contribution in [1.29, 1.82) is 0 Å². The van der Waals surface area contributed by atoms with E-state index >= 15 is 0 Å². The Morgan fingerprint density at radius 3 is 2.23 bits per heavy atom. The van der Waals surface area contributed by atoms with Crippen LogP contribution in [0.25, 0.3) is 0 Å². The molecule has 43 heavy (non-hydrogen) atoms. The Kier molecular flexibility index (Phi) is 5.93. The SMILES string of the molecule is Nc1ccccc1C(=O)N/N=C\C12c3ccccc3C(c3ccccc31)[C@@H]1C(=O)N(c3ccc(Cl)cc3[N+](=O)[O-])C(=O)[C@@H]12. The number of nitrogens with one attached hydrogen (secondary N) is 1. The lowest BCUT2D eigenvalue weighted by Crippen LogP contribution is -2.54. The van der Waals surface area contributed by atoms with Crippen LogP contribution < -0.4 is 16.1 Å². The number of carbonyl (C=O) groups is 3. The highest BCUT2D eigenvalue weighted by Crippen LogP contribution is 2.64. The van der Waals surface area contributed by atoms with Gasteiger partial charge in [-0.25, -0.2) is 10.3 Å². The van der Waals surface area contributed by atoms with Gasteiger partial charge in [0.2, 0.25) is 11.8 Å². The van der Waals surface area contributed by atoms with E-state index in [0.717, 1.165) is 33.2 Å².